The molecule has 1 unspecified atom stereocenters. The van der Waals surface area contributed by atoms with E-state index in [4.69, 9.17) is 27.8 Å². The molecule has 0 aliphatic carbocycles. The Morgan fingerprint density at radius 2 is 1.97 bits per heavy atom. The van der Waals surface area contributed by atoms with Gasteiger partial charge in [0.2, 0.25) is 11.8 Å². The normalized spacial score (nSPS) is 15.9. The number of carbonyl (C=O) groups excluding carboxylic acids is 3. The van der Waals surface area contributed by atoms with Crippen molar-refractivity contribution < 1.29 is 29.0 Å². The van der Waals surface area contributed by atoms with E-state index in [1.54, 1.807) is 37.5 Å². The number of methoxy groups -OCH3 is 1. The zero-order valence-corrected chi connectivity index (χ0v) is 17.8. The lowest BCUT2D eigenvalue weighted by Gasteiger charge is -2.16. The van der Waals surface area contributed by atoms with Crippen LogP contribution in [0.1, 0.15) is 24.8 Å². The molecule has 0 bridgehead atoms. The summed E-state index contributed by atoms with van der Waals surface area (Å²) >= 11 is 6.36. The van der Waals surface area contributed by atoms with Crippen molar-refractivity contribution in [2.45, 2.75) is 25.3 Å². The molecule has 0 aromatic heterocycles. The second kappa shape index (κ2) is 10.7. The molecule has 1 aliphatic rings. The summed E-state index contributed by atoms with van der Waals surface area (Å²) in [6.45, 7) is 0.0125. The van der Waals surface area contributed by atoms with E-state index in [1.165, 1.54) is 4.90 Å². The van der Waals surface area contributed by atoms with Crippen LogP contribution in [0.5, 0.6) is 5.75 Å². The zero-order valence-electron chi connectivity index (χ0n) is 16.1. The number of aliphatic carboxylic acids is 1. The molecular formula is C19H21N3O6S2. The van der Waals surface area contributed by atoms with Crippen molar-refractivity contribution in [3.05, 3.63) is 34.7 Å². The fourth-order valence-electron chi connectivity index (χ4n) is 2.57. The summed E-state index contributed by atoms with van der Waals surface area (Å²) in [5, 5.41) is 11.5. The Balaban J connectivity index is 1.94. The number of hydrogen-bond donors (Lipinski definition) is 3. The minimum absolute atomic E-state index is 0.0125. The number of nitrogens with two attached hydrogens (primary N) is 1. The lowest BCUT2D eigenvalue weighted by atomic mass is 10.1. The third kappa shape index (κ3) is 6.56. The number of hydrogen-bond acceptors (Lipinski definition) is 7. The molecule has 160 valence electrons. The molecule has 0 spiro atoms. The second-order valence-electron chi connectivity index (χ2n) is 6.32. The quantitative estimate of drug-likeness (QED) is 0.355. The fraction of sp³-hybridized carbons (Fsp3) is 0.316. The largest absolute Gasteiger partial charge is 0.497 e. The van der Waals surface area contributed by atoms with Gasteiger partial charge in [0.05, 0.1) is 12.0 Å². The summed E-state index contributed by atoms with van der Waals surface area (Å²) in [6, 6.07) is 5.92. The summed E-state index contributed by atoms with van der Waals surface area (Å²) in [6.07, 6.45) is 1.29. The molecule has 1 saturated heterocycles. The van der Waals surface area contributed by atoms with E-state index >= 15 is 0 Å². The van der Waals surface area contributed by atoms with Crippen LogP contribution < -0.4 is 15.8 Å². The van der Waals surface area contributed by atoms with Crippen LogP contribution in [0, 0.1) is 0 Å². The molecule has 1 atom stereocenters. The number of rotatable bonds is 10. The van der Waals surface area contributed by atoms with Crippen molar-refractivity contribution in [1.82, 2.24) is 10.2 Å². The number of thioether (sulfide) groups is 1. The van der Waals surface area contributed by atoms with Crippen molar-refractivity contribution in [3.63, 3.8) is 0 Å². The number of carboxylic acids is 1. The molecule has 1 aliphatic heterocycles. The highest BCUT2D eigenvalue weighted by atomic mass is 32.2. The Bertz CT molecular complexity index is 885. The number of ether oxygens (including phenoxy) is 1. The van der Waals surface area contributed by atoms with Gasteiger partial charge in [0.15, 0.2) is 0 Å². The first-order chi connectivity index (χ1) is 14.2. The topological polar surface area (TPSA) is 139 Å². The lowest BCUT2D eigenvalue weighted by molar-refractivity contribution is -0.142. The van der Waals surface area contributed by atoms with Gasteiger partial charge >= 0.3 is 5.97 Å². The Hall–Kier alpha value is -2.92. The van der Waals surface area contributed by atoms with Gasteiger partial charge < -0.3 is 20.9 Å². The Morgan fingerprint density at radius 1 is 1.30 bits per heavy atom. The summed E-state index contributed by atoms with van der Waals surface area (Å²) in [7, 11) is 1.56. The van der Waals surface area contributed by atoms with Crippen LogP contribution in [-0.4, -0.2) is 57.7 Å². The van der Waals surface area contributed by atoms with Crippen LogP contribution in [-0.2, 0) is 19.2 Å². The fourth-order valence-corrected chi connectivity index (χ4v) is 3.88. The SMILES string of the molecule is COc1ccc(C=C2SC(=S)N(CCC(=O)NC(CCC(N)=O)C(=O)O)C2=O)cc1. The monoisotopic (exact) mass is 451 g/mol. The van der Waals surface area contributed by atoms with Crippen molar-refractivity contribution in [2.24, 2.45) is 5.73 Å². The minimum Gasteiger partial charge on any atom is -0.497 e. The number of primary amides is 1. The number of nitrogens with zero attached hydrogens (tertiary/aromatic N) is 1. The van der Waals surface area contributed by atoms with Gasteiger partial charge in [-0.2, -0.15) is 0 Å². The molecule has 1 aromatic rings. The molecule has 3 amide bonds. The van der Waals surface area contributed by atoms with Crippen LogP contribution in [0.2, 0.25) is 0 Å². The minimum atomic E-state index is -1.27. The Labute approximate surface area is 182 Å². The first kappa shape index (κ1) is 23.4. The third-order valence-electron chi connectivity index (χ3n) is 4.16. The molecule has 4 N–H and O–H groups in total. The molecular weight excluding hydrogens is 430 g/mol. The molecule has 1 fully saturated rings. The molecule has 2 rings (SSSR count). The number of benzene rings is 1. The second-order valence-corrected chi connectivity index (χ2v) is 8.00. The number of amides is 3. The Kier molecular flexibility index (Phi) is 8.36. The van der Waals surface area contributed by atoms with E-state index in [1.807, 2.05) is 0 Å². The van der Waals surface area contributed by atoms with Gasteiger partial charge in [-0.3, -0.25) is 19.3 Å². The molecule has 9 nitrogen and oxygen atoms in total. The smallest absolute Gasteiger partial charge is 0.326 e. The molecule has 0 saturated carbocycles. The van der Waals surface area contributed by atoms with Gasteiger partial charge in [-0.15, -0.1) is 0 Å². The number of carbonyl (C=O) groups is 4. The van der Waals surface area contributed by atoms with E-state index in [0.717, 1.165) is 17.3 Å². The highest BCUT2D eigenvalue weighted by molar-refractivity contribution is 8.26. The average Bonchev–Trinajstić information content (AvgIpc) is 2.96. The number of carboxylic acid groups (broad SMARTS) is 1. The summed E-state index contributed by atoms with van der Waals surface area (Å²) < 4.78 is 5.41. The van der Waals surface area contributed by atoms with Crippen molar-refractivity contribution in [1.29, 1.82) is 0 Å². The highest BCUT2D eigenvalue weighted by Gasteiger charge is 2.32. The standard InChI is InChI=1S/C19H21N3O6S2/c1-28-12-4-2-11(3-5-12)10-14-17(25)22(19(29)30-14)9-8-16(24)21-13(18(26)27)6-7-15(20)23/h2-5,10,13H,6-9H2,1H3,(H2,20,23)(H,21,24)(H,26,27). The Morgan fingerprint density at radius 3 is 2.53 bits per heavy atom. The van der Waals surface area contributed by atoms with Crippen molar-refractivity contribution in [3.8, 4) is 5.75 Å². The molecule has 1 heterocycles. The lowest BCUT2D eigenvalue weighted by Crippen LogP contribution is -2.42. The summed E-state index contributed by atoms with van der Waals surface area (Å²) in [4.78, 5) is 48.5. The molecule has 30 heavy (non-hydrogen) atoms. The maximum absolute atomic E-state index is 12.6. The summed E-state index contributed by atoms with van der Waals surface area (Å²) in [5.41, 5.74) is 5.81. The molecule has 0 radical (unpaired) electrons. The first-order valence-corrected chi connectivity index (χ1v) is 10.1. The van der Waals surface area contributed by atoms with Crippen molar-refractivity contribution in [2.75, 3.05) is 13.7 Å². The highest BCUT2D eigenvalue weighted by Crippen LogP contribution is 2.32. The van der Waals surface area contributed by atoms with Gasteiger partial charge in [-0.1, -0.05) is 36.1 Å². The van der Waals surface area contributed by atoms with Crippen LogP contribution in [0.15, 0.2) is 29.2 Å². The van der Waals surface area contributed by atoms with Gasteiger partial charge in [-0.25, -0.2) is 4.79 Å². The predicted octanol–water partition coefficient (Wildman–Crippen LogP) is 1.12. The van der Waals surface area contributed by atoms with Gasteiger partial charge in [0, 0.05) is 19.4 Å². The maximum Gasteiger partial charge on any atom is 0.326 e. The van der Waals surface area contributed by atoms with Crippen molar-refractivity contribution >= 4 is 58.1 Å². The van der Waals surface area contributed by atoms with Crippen LogP contribution in [0.3, 0.4) is 0 Å². The number of nitrogens with one attached hydrogen (secondary N) is 1. The van der Waals surface area contributed by atoms with Crippen LogP contribution in [0.25, 0.3) is 6.08 Å². The van der Waals surface area contributed by atoms with Crippen LogP contribution in [0.4, 0.5) is 0 Å². The van der Waals surface area contributed by atoms with Gasteiger partial charge in [0.1, 0.15) is 16.1 Å². The van der Waals surface area contributed by atoms with E-state index in [2.05, 4.69) is 5.32 Å². The molecule has 11 heteroatoms. The van der Waals surface area contributed by atoms with E-state index in [-0.39, 0.29) is 31.7 Å². The zero-order chi connectivity index (χ0) is 22.3. The maximum atomic E-state index is 12.6. The van der Waals surface area contributed by atoms with Crippen LogP contribution >= 0.6 is 24.0 Å². The first-order valence-electron chi connectivity index (χ1n) is 8.91. The van der Waals surface area contributed by atoms with Gasteiger partial charge in [-0.05, 0) is 30.2 Å². The third-order valence-corrected chi connectivity index (χ3v) is 5.54. The summed E-state index contributed by atoms with van der Waals surface area (Å²) in [5.74, 6) is -2.12. The van der Waals surface area contributed by atoms with E-state index in [0.29, 0.717) is 15.0 Å². The average molecular weight is 452 g/mol. The van der Waals surface area contributed by atoms with E-state index in [9.17, 15) is 19.2 Å². The van der Waals surface area contributed by atoms with E-state index < -0.39 is 23.8 Å². The predicted molar refractivity (Wildman–Crippen MR) is 115 cm³/mol. The van der Waals surface area contributed by atoms with Gasteiger partial charge in [0.25, 0.3) is 5.91 Å². The number of thiocarbonyl (C=S) groups is 1. The molecule has 1 aromatic carbocycles.